The molecule has 52 heavy (non-hydrogen) atoms. The highest BCUT2D eigenvalue weighted by Gasteiger charge is 2.55. The predicted octanol–water partition coefficient (Wildman–Crippen LogP) is -10.6. The van der Waals surface area contributed by atoms with Crippen LogP contribution < -0.4 is 0 Å². The van der Waals surface area contributed by atoms with Gasteiger partial charge in [0.1, 0.15) is 110 Å². The highest BCUT2D eigenvalue weighted by molar-refractivity contribution is 4.98. The number of ether oxygens (including phenoxy) is 9. The maximum Gasteiger partial charge on any atom is 0.187 e. The molecule has 0 radical (unpaired) electrons. The number of aliphatic hydroxyl groups is 15. The van der Waals surface area contributed by atoms with Crippen LogP contribution in [0.1, 0.15) is 0 Å². The Bertz CT molecular complexity index is 1110. The average Bonchev–Trinajstić information content (AvgIpc) is 3.12. The molecule has 5 aliphatic rings. The highest BCUT2D eigenvalue weighted by atomic mass is 16.8. The third-order valence-corrected chi connectivity index (χ3v) is 9.53. The zero-order valence-corrected chi connectivity index (χ0v) is 27.2. The third-order valence-electron chi connectivity index (χ3n) is 9.53. The third kappa shape index (κ3) is 8.55. The quantitative estimate of drug-likeness (QED) is 0.0927. The summed E-state index contributed by atoms with van der Waals surface area (Å²) in [5.41, 5.74) is 0. The smallest absolute Gasteiger partial charge is 0.187 e. The first-order chi connectivity index (χ1) is 24.6. The summed E-state index contributed by atoms with van der Waals surface area (Å²) in [6.45, 7) is -3.64. The minimum atomic E-state index is -2.10. The summed E-state index contributed by atoms with van der Waals surface area (Å²) in [6.07, 6.45) is -40.9. The Morgan fingerprint density at radius 1 is 0.365 bits per heavy atom. The molecule has 0 bridgehead atoms. The summed E-state index contributed by atoms with van der Waals surface area (Å²) in [7, 11) is 0. The van der Waals surface area contributed by atoms with Gasteiger partial charge in [0.25, 0.3) is 0 Å². The van der Waals surface area contributed by atoms with E-state index in [1.807, 2.05) is 0 Å². The van der Waals surface area contributed by atoms with Gasteiger partial charge in [-0.25, -0.2) is 0 Å². The molecule has 1 unspecified atom stereocenters. The molecule has 0 aromatic carbocycles. The van der Waals surface area contributed by atoms with Crippen LogP contribution in [-0.4, -0.2) is 251 Å². The summed E-state index contributed by atoms with van der Waals surface area (Å²) in [6, 6.07) is 0. The van der Waals surface area contributed by atoms with Crippen molar-refractivity contribution in [2.24, 2.45) is 0 Å². The first kappa shape index (κ1) is 42.2. The van der Waals surface area contributed by atoms with E-state index in [1.165, 1.54) is 0 Å². The van der Waals surface area contributed by atoms with E-state index < -0.39 is 174 Å². The van der Waals surface area contributed by atoms with Crippen LogP contribution in [0.4, 0.5) is 0 Å². The topological polar surface area (TPSA) is 387 Å². The minimum Gasteiger partial charge on any atom is -0.394 e. The Kier molecular flexibility index (Phi) is 14.5. The monoisotopic (exact) mass is 768 g/mol. The maximum absolute atomic E-state index is 11.2. The van der Waals surface area contributed by atoms with Gasteiger partial charge in [-0.05, 0) is 0 Å². The lowest BCUT2D eigenvalue weighted by molar-refractivity contribution is -0.394. The number of hydrogen-bond acceptors (Lipinski definition) is 24. The van der Waals surface area contributed by atoms with Crippen molar-refractivity contribution in [3.8, 4) is 0 Å². The second-order valence-electron chi connectivity index (χ2n) is 13.1. The van der Waals surface area contributed by atoms with Gasteiger partial charge in [0.05, 0.1) is 33.0 Å². The van der Waals surface area contributed by atoms with E-state index in [0.717, 1.165) is 0 Å². The van der Waals surface area contributed by atoms with Crippen molar-refractivity contribution in [2.75, 3.05) is 33.0 Å². The molecule has 5 saturated heterocycles. The predicted molar refractivity (Wildman–Crippen MR) is 155 cm³/mol. The standard InChI is InChI=1S/C28H48O24/c29-1-8-13(36)22(51-27-17(40)14(37)20(10(3-31)48-27)49-25-15(38)11(34)6(32)4-44-25)19(42)28(47-8)52-23-18(41)21(9(2-30)46-24(23)43)50-26-16(39)12(35)7(33)5-45-26/h6-43H,1-5H2/t6-,7-,8-,9-,10-,11+,12+,13-,14-,15-,16-,17-,18+,19-,20-,21+,22+,23-,24?,25+,26+,27+,28+/m1/s1. The van der Waals surface area contributed by atoms with Crippen LogP contribution in [0.3, 0.4) is 0 Å². The SMILES string of the molecule is OC[C@H]1O[C@@H](O[C@H]2C(O)O[C@H](CO)[C@H](O[C@@H]3OC[C@@H](O)[C@H](O)[C@H]3O)[C@@H]2O)[C@H](O)[C@@H](O[C@@H]2O[C@H](CO)[C@@H](O[C@@H]3OC[C@@H](O)[C@H](O)[C@H]3O)[C@H](O)[C@H]2O)[C@@H]1O. The Hall–Kier alpha value is -0.960. The minimum absolute atomic E-state index is 0.469. The van der Waals surface area contributed by atoms with Crippen LogP contribution in [0.2, 0.25) is 0 Å². The van der Waals surface area contributed by atoms with Crippen molar-refractivity contribution in [1.29, 1.82) is 0 Å². The van der Waals surface area contributed by atoms with Crippen molar-refractivity contribution in [1.82, 2.24) is 0 Å². The Balaban J connectivity index is 1.28. The van der Waals surface area contributed by atoms with Gasteiger partial charge >= 0.3 is 0 Å². The molecule has 5 heterocycles. The maximum atomic E-state index is 11.2. The molecular formula is C28H48O24. The van der Waals surface area contributed by atoms with Crippen molar-refractivity contribution in [2.45, 2.75) is 141 Å². The lowest BCUT2D eigenvalue weighted by atomic mass is 9.95. The normalized spacial score (nSPS) is 53.5. The molecule has 24 heteroatoms. The largest absolute Gasteiger partial charge is 0.394 e. The fourth-order valence-corrected chi connectivity index (χ4v) is 6.45. The molecule has 0 aromatic rings. The number of aliphatic hydroxyl groups excluding tert-OH is 15. The van der Waals surface area contributed by atoms with E-state index in [9.17, 15) is 76.6 Å². The molecule has 24 nitrogen and oxygen atoms in total. The molecule has 0 spiro atoms. The zero-order valence-electron chi connectivity index (χ0n) is 27.2. The van der Waals surface area contributed by atoms with Gasteiger partial charge in [0.2, 0.25) is 0 Å². The highest BCUT2D eigenvalue weighted by Crippen LogP contribution is 2.34. The first-order valence-corrected chi connectivity index (χ1v) is 16.4. The Morgan fingerprint density at radius 2 is 0.769 bits per heavy atom. The van der Waals surface area contributed by atoms with Gasteiger partial charge in [-0.15, -0.1) is 0 Å². The van der Waals surface area contributed by atoms with Crippen molar-refractivity contribution in [3.05, 3.63) is 0 Å². The van der Waals surface area contributed by atoms with Crippen molar-refractivity contribution < 1.29 is 119 Å². The van der Waals surface area contributed by atoms with Gasteiger partial charge in [-0.1, -0.05) is 0 Å². The lowest BCUT2D eigenvalue weighted by Gasteiger charge is -2.49. The van der Waals surface area contributed by atoms with E-state index >= 15 is 0 Å². The fraction of sp³-hybridized carbons (Fsp3) is 1.00. The zero-order chi connectivity index (χ0) is 38.2. The summed E-state index contributed by atoms with van der Waals surface area (Å²) >= 11 is 0. The molecule has 23 atom stereocenters. The van der Waals surface area contributed by atoms with E-state index in [0.29, 0.717) is 0 Å². The van der Waals surface area contributed by atoms with Crippen molar-refractivity contribution >= 4 is 0 Å². The molecule has 0 aliphatic carbocycles. The van der Waals surface area contributed by atoms with Gasteiger partial charge < -0.3 is 119 Å². The van der Waals surface area contributed by atoms with Crippen molar-refractivity contribution in [3.63, 3.8) is 0 Å². The molecule has 5 rings (SSSR count). The van der Waals surface area contributed by atoms with Crippen LogP contribution in [0.5, 0.6) is 0 Å². The lowest BCUT2D eigenvalue weighted by Crippen LogP contribution is -2.67. The van der Waals surface area contributed by atoms with E-state index in [4.69, 9.17) is 42.6 Å². The fourth-order valence-electron chi connectivity index (χ4n) is 6.45. The summed E-state index contributed by atoms with van der Waals surface area (Å²) in [5, 5.41) is 155. The van der Waals surface area contributed by atoms with Crippen LogP contribution in [0.15, 0.2) is 0 Å². The van der Waals surface area contributed by atoms with Crippen LogP contribution in [0.25, 0.3) is 0 Å². The molecule has 0 aromatic heterocycles. The van der Waals surface area contributed by atoms with Crippen LogP contribution in [-0.2, 0) is 42.6 Å². The number of rotatable bonds is 11. The molecule has 304 valence electrons. The second-order valence-corrected chi connectivity index (χ2v) is 13.1. The van der Waals surface area contributed by atoms with E-state index in [2.05, 4.69) is 0 Å². The van der Waals surface area contributed by atoms with Gasteiger partial charge in [0.15, 0.2) is 31.5 Å². The Morgan fingerprint density at radius 3 is 1.29 bits per heavy atom. The molecule has 0 amide bonds. The summed E-state index contributed by atoms with van der Waals surface area (Å²) in [5.74, 6) is 0. The van der Waals surface area contributed by atoms with Gasteiger partial charge in [-0.3, -0.25) is 0 Å². The summed E-state index contributed by atoms with van der Waals surface area (Å²) < 4.78 is 48.9. The van der Waals surface area contributed by atoms with Crippen LogP contribution >= 0.6 is 0 Å². The first-order valence-electron chi connectivity index (χ1n) is 16.4. The van der Waals surface area contributed by atoms with Gasteiger partial charge in [0, 0.05) is 0 Å². The Labute approximate surface area is 293 Å². The molecular weight excluding hydrogens is 720 g/mol. The molecule has 15 N–H and O–H groups in total. The molecule has 5 fully saturated rings. The van der Waals surface area contributed by atoms with E-state index in [-0.39, 0.29) is 0 Å². The average molecular weight is 769 g/mol. The molecule has 0 saturated carbocycles. The van der Waals surface area contributed by atoms with E-state index in [1.54, 1.807) is 0 Å². The van der Waals surface area contributed by atoms with Crippen LogP contribution in [0, 0.1) is 0 Å². The second kappa shape index (κ2) is 17.9. The summed E-state index contributed by atoms with van der Waals surface area (Å²) in [4.78, 5) is 0. The molecule has 5 aliphatic heterocycles. The van der Waals surface area contributed by atoms with Gasteiger partial charge in [-0.2, -0.15) is 0 Å². The number of hydrogen-bond donors (Lipinski definition) is 15.